The fourth-order valence-electron chi connectivity index (χ4n) is 3.48. The molecule has 0 aromatic heterocycles. The summed E-state index contributed by atoms with van der Waals surface area (Å²) in [6.45, 7) is 3.02. The van der Waals surface area contributed by atoms with Crippen LogP contribution in [-0.2, 0) is 19.6 Å². The summed E-state index contributed by atoms with van der Waals surface area (Å²) in [5, 5.41) is 10.8. The Balaban J connectivity index is 1.58. The van der Waals surface area contributed by atoms with Crippen LogP contribution < -0.4 is 15.8 Å². The lowest BCUT2D eigenvalue weighted by molar-refractivity contribution is -0.125. The van der Waals surface area contributed by atoms with Gasteiger partial charge in [-0.1, -0.05) is 18.2 Å². The summed E-state index contributed by atoms with van der Waals surface area (Å²) in [7, 11) is -3.78. The third-order valence-electron chi connectivity index (χ3n) is 5.24. The Morgan fingerprint density at radius 3 is 2.30 bits per heavy atom. The first-order valence-electron chi connectivity index (χ1n) is 9.78. The number of rotatable bonds is 6. The fourth-order valence-corrected chi connectivity index (χ4v) is 3.99. The van der Waals surface area contributed by atoms with Gasteiger partial charge in [-0.15, -0.1) is 0 Å². The second-order valence-electron chi connectivity index (χ2n) is 7.42. The molecule has 1 heterocycles. The minimum Gasteiger partial charge on any atom is -0.326 e. The number of nitrogens with one attached hydrogen (secondary N) is 2. The van der Waals surface area contributed by atoms with Gasteiger partial charge in [-0.3, -0.25) is 14.5 Å². The lowest BCUT2D eigenvalue weighted by Crippen LogP contribution is -2.49. The molecule has 1 aliphatic rings. The number of nitrogens with zero attached hydrogens (tertiary/aromatic N) is 1. The van der Waals surface area contributed by atoms with E-state index in [2.05, 4.69) is 10.6 Å². The number of benzene rings is 2. The Bertz CT molecular complexity index is 993. The number of nitrogens with two attached hydrogens (primary N) is 1. The summed E-state index contributed by atoms with van der Waals surface area (Å²) in [5.41, 5.74) is 1.24. The smallest absolute Gasteiger partial charge is 0.241 e. The van der Waals surface area contributed by atoms with E-state index < -0.39 is 16.1 Å². The van der Waals surface area contributed by atoms with Crippen LogP contribution >= 0.6 is 0 Å². The van der Waals surface area contributed by atoms with Gasteiger partial charge in [0.05, 0.1) is 16.9 Å². The van der Waals surface area contributed by atoms with Crippen LogP contribution in [0.3, 0.4) is 0 Å². The van der Waals surface area contributed by atoms with E-state index in [9.17, 15) is 18.0 Å². The van der Waals surface area contributed by atoms with Crippen molar-refractivity contribution in [3.05, 3.63) is 54.6 Å². The van der Waals surface area contributed by atoms with Crippen molar-refractivity contribution in [2.75, 3.05) is 23.7 Å². The Morgan fingerprint density at radius 1 is 1.03 bits per heavy atom. The minimum absolute atomic E-state index is 0.0168. The number of anilines is 2. The largest absolute Gasteiger partial charge is 0.326 e. The third-order valence-corrected chi connectivity index (χ3v) is 6.17. The molecule has 0 saturated carbocycles. The van der Waals surface area contributed by atoms with Gasteiger partial charge < -0.3 is 10.6 Å². The first kappa shape index (κ1) is 21.9. The van der Waals surface area contributed by atoms with Gasteiger partial charge in [0.15, 0.2) is 0 Å². The number of sulfonamides is 1. The van der Waals surface area contributed by atoms with E-state index >= 15 is 0 Å². The van der Waals surface area contributed by atoms with Crippen molar-refractivity contribution in [3.8, 4) is 0 Å². The van der Waals surface area contributed by atoms with Gasteiger partial charge in [0.25, 0.3) is 0 Å². The van der Waals surface area contributed by atoms with E-state index in [0.29, 0.717) is 12.2 Å². The number of carbonyl (C=O) groups is 2. The number of hydrogen-bond donors (Lipinski definition) is 3. The van der Waals surface area contributed by atoms with Crippen molar-refractivity contribution < 1.29 is 18.0 Å². The first-order chi connectivity index (χ1) is 14.2. The van der Waals surface area contributed by atoms with Crippen LogP contribution in [0.2, 0.25) is 0 Å². The van der Waals surface area contributed by atoms with Gasteiger partial charge >= 0.3 is 0 Å². The maximum atomic E-state index is 12.7. The molecule has 0 radical (unpaired) electrons. The number of piperidine rings is 1. The molecule has 1 saturated heterocycles. The molecule has 1 aliphatic heterocycles. The van der Waals surface area contributed by atoms with E-state index in [1.54, 1.807) is 6.92 Å². The van der Waals surface area contributed by atoms with Gasteiger partial charge in [0.1, 0.15) is 0 Å². The number of carbonyl (C=O) groups excluding carboxylic acids is 2. The molecule has 0 bridgehead atoms. The Hall–Kier alpha value is -2.75. The lowest BCUT2D eigenvalue weighted by Gasteiger charge is -2.35. The van der Waals surface area contributed by atoms with Gasteiger partial charge in [0.2, 0.25) is 21.8 Å². The van der Waals surface area contributed by atoms with E-state index in [4.69, 9.17) is 5.14 Å². The number of amides is 2. The first-order valence-corrected chi connectivity index (χ1v) is 11.3. The van der Waals surface area contributed by atoms with Crippen LogP contribution in [0.15, 0.2) is 59.5 Å². The van der Waals surface area contributed by atoms with Gasteiger partial charge in [-0.25, -0.2) is 13.6 Å². The van der Waals surface area contributed by atoms with Crippen LogP contribution in [0, 0.1) is 5.92 Å². The standard InChI is InChI=1S/C21H26N4O4S/c1-15(20(26)23-18-9-11-19(12-10-18)30(22,28)29)25-13-5-6-16(14-25)21(27)24-17-7-3-2-4-8-17/h2-4,7-12,15-16H,5-6,13-14H2,1H3,(H,23,26)(H,24,27)(H2,22,28,29)/t15-,16+/m0/s1. The highest BCUT2D eigenvalue weighted by molar-refractivity contribution is 7.89. The molecule has 3 rings (SSSR count). The molecule has 160 valence electrons. The van der Waals surface area contributed by atoms with E-state index in [1.165, 1.54) is 24.3 Å². The molecule has 8 nitrogen and oxygen atoms in total. The molecular weight excluding hydrogens is 404 g/mol. The van der Waals surface area contributed by atoms with Crippen molar-refractivity contribution in [2.24, 2.45) is 11.1 Å². The van der Waals surface area contributed by atoms with Crippen LogP contribution in [0.1, 0.15) is 19.8 Å². The van der Waals surface area contributed by atoms with Gasteiger partial charge in [-0.2, -0.15) is 0 Å². The average molecular weight is 431 g/mol. The maximum Gasteiger partial charge on any atom is 0.241 e. The summed E-state index contributed by atoms with van der Waals surface area (Å²) >= 11 is 0. The highest BCUT2D eigenvalue weighted by Crippen LogP contribution is 2.21. The van der Waals surface area contributed by atoms with Crippen molar-refractivity contribution in [1.82, 2.24) is 4.90 Å². The molecule has 0 spiro atoms. The number of primary sulfonamides is 1. The van der Waals surface area contributed by atoms with E-state index in [-0.39, 0.29) is 22.6 Å². The van der Waals surface area contributed by atoms with Crippen molar-refractivity contribution in [3.63, 3.8) is 0 Å². The second-order valence-corrected chi connectivity index (χ2v) is 8.99. The minimum atomic E-state index is -3.78. The molecule has 2 aromatic carbocycles. The fraction of sp³-hybridized carbons (Fsp3) is 0.333. The molecule has 2 aromatic rings. The zero-order valence-electron chi connectivity index (χ0n) is 16.7. The third kappa shape index (κ3) is 5.65. The Kier molecular flexibility index (Phi) is 6.86. The highest BCUT2D eigenvalue weighted by atomic mass is 32.2. The van der Waals surface area contributed by atoms with Crippen molar-refractivity contribution in [2.45, 2.75) is 30.7 Å². The SMILES string of the molecule is C[C@@H](C(=O)Nc1ccc(S(N)(=O)=O)cc1)N1CCC[C@@H](C(=O)Nc2ccccc2)C1. The van der Waals surface area contributed by atoms with Crippen molar-refractivity contribution in [1.29, 1.82) is 0 Å². The summed E-state index contributed by atoms with van der Waals surface area (Å²) < 4.78 is 22.7. The van der Waals surface area contributed by atoms with Crippen LogP contribution in [0.5, 0.6) is 0 Å². The number of likely N-dealkylation sites (tertiary alicyclic amines) is 1. The monoisotopic (exact) mass is 430 g/mol. The van der Waals surface area contributed by atoms with Gasteiger partial charge in [0, 0.05) is 17.9 Å². The number of para-hydroxylation sites is 1. The van der Waals surface area contributed by atoms with Gasteiger partial charge in [-0.05, 0) is 62.7 Å². The average Bonchev–Trinajstić information content (AvgIpc) is 2.73. The summed E-state index contributed by atoms with van der Waals surface area (Å²) in [6.07, 6.45) is 1.60. The van der Waals surface area contributed by atoms with Crippen LogP contribution in [0.25, 0.3) is 0 Å². The highest BCUT2D eigenvalue weighted by Gasteiger charge is 2.31. The molecule has 1 fully saturated rings. The summed E-state index contributed by atoms with van der Waals surface area (Å²) in [5.74, 6) is -0.456. The second kappa shape index (κ2) is 9.38. The number of hydrogen-bond acceptors (Lipinski definition) is 5. The molecule has 30 heavy (non-hydrogen) atoms. The molecule has 0 aliphatic carbocycles. The normalized spacial score (nSPS) is 18.4. The van der Waals surface area contributed by atoms with Crippen LogP contribution in [0.4, 0.5) is 11.4 Å². The predicted molar refractivity (Wildman–Crippen MR) is 115 cm³/mol. The molecular formula is C21H26N4O4S. The van der Waals surface area contributed by atoms with E-state index in [0.717, 1.165) is 25.1 Å². The topological polar surface area (TPSA) is 122 Å². The van der Waals surface area contributed by atoms with E-state index in [1.807, 2.05) is 35.2 Å². The summed E-state index contributed by atoms with van der Waals surface area (Å²) in [6, 6.07) is 14.6. The molecule has 0 unspecified atom stereocenters. The lowest BCUT2D eigenvalue weighted by atomic mass is 9.95. The molecule has 2 atom stereocenters. The molecule has 4 N–H and O–H groups in total. The maximum absolute atomic E-state index is 12.7. The van der Waals surface area contributed by atoms with Crippen LogP contribution in [-0.4, -0.2) is 44.3 Å². The summed E-state index contributed by atoms with van der Waals surface area (Å²) in [4.78, 5) is 27.3. The van der Waals surface area contributed by atoms with Crippen molar-refractivity contribution >= 4 is 33.2 Å². The Morgan fingerprint density at radius 2 is 1.67 bits per heavy atom. The molecule has 2 amide bonds. The molecule has 9 heteroatoms. The zero-order valence-corrected chi connectivity index (χ0v) is 17.6. The Labute approximate surface area is 176 Å². The quantitative estimate of drug-likeness (QED) is 0.647. The predicted octanol–water partition coefficient (Wildman–Crippen LogP) is 2.01. The zero-order chi connectivity index (χ0) is 21.7.